The van der Waals surface area contributed by atoms with Crippen LogP contribution < -0.4 is 5.32 Å². The van der Waals surface area contributed by atoms with E-state index in [0.29, 0.717) is 6.54 Å². The largest absolute Gasteiger partial charge is 0.313 e. The van der Waals surface area contributed by atoms with Crippen molar-refractivity contribution in [2.75, 3.05) is 13.3 Å². The lowest BCUT2D eigenvalue weighted by Crippen LogP contribution is -2.31. The summed E-state index contributed by atoms with van der Waals surface area (Å²) in [7, 11) is 1.90. The molecule has 1 heterocycles. The molecule has 5 nitrogen and oxygen atoms in total. The van der Waals surface area contributed by atoms with Crippen LogP contribution in [0.5, 0.6) is 0 Å². The van der Waals surface area contributed by atoms with E-state index in [4.69, 9.17) is 0 Å². The predicted octanol–water partition coefficient (Wildman–Crippen LogP) is 1.31. The molecule has 0 aliphatic rings. The van der Waals surface area contributed by atoms with Gasteiger partial charge in [-0.25, -0.2) is 4.68 Å². The molecule has 92 valence electrons. The van der Waals surface area contributed by atoms with Gasteiger partial charge < -0.3 is 5.32 Å². The number of hydrogen-bond donors (Lipinski definition) is 1. The number of aromatic nitrogens is 4. The second-order valence-corrected chi connectivity index (χ2v) is 5.15. The third-order valence-corrected chi connectivity index (χ3v) is 4.67. The molecule has 16 heavy (non-hydrogen) atoms. The van der Waals surface area contributed by atoms with Gasteiger partial charge in [0.2, 0.25) is 0 Å². The van der Waals surface area contributed by atoms with Crippen molar-refractivity contribution in [3.8, 4) is 0 Å². The number of hydrogen-bond acceptors (Lipinski definition) is 5. The van der Waals surface area contributed by atoms with Crippen molar-refractivity contribution < 1.29 is 0 Å². The molecular formula is C10H21N5S. The predicted molar refractivity (Wildman–Crippen MR) is 67.4 cm³/mol. The standard InChI is InChI=1S/C10H21N5S/c1-5-10(6-2,16-4)8-15-9(7-11-3)12-13-14-15/h11H,5-8H2,1-4H3. The van der Waals surface area contributed by atoms with E-state index in [1.54, 1.807) is 0 Å². The van der Waals surface area contributed by atoms with Crippen LogP contribution in [0.4, 0.5) is 0 Å². The van der Waals surface area contributed by atoms with Gasteiger partial charge in [-0.1, -0.05) is 13.8 Å². The molecule has 0 saturated heterocycles. The Bertz CT molecular complexity index is 300. The lowest BCUT2D eigenvalue weighted by molar-refractivity contribution is 0.420. The molecule has 1 rings (SSSR count). The van der Waals surface area contributed by atoms with Gasteiger partial charge in [-0.2, -0.15) is 11.8 Å². The van der Waals surface area contributed by atoms with Gasteiger partial charge in [0.05, 0.1) is 13.1 Å². The molecule has 0 atom stereocenters. The van der Waals surface area contributed by atoms with E-state index >= 15 is 0 Å². The molecule has 6 heteroatoms. The Morgan fingerprint density at radius 1 is 1.38 bits per heavy atom. The Morgan fingerprint density at radius 2 is 2.06 bits per heavy atom. The summed E-state index contributed by atoms with van der Waals surface area (Å²) in [4.78, 5) is 0. The summed E-state index contributed by atoms with van der Waals surface area (Å²) in [5.41, 5.74) is 0. The maximum absolute atomic E-state index is 4.07. The Labute approximate surface area is 101 Å². The summed E-state index contributed by atoms with van der Waals surface area (Å²) in [5.74, 6) is 0.905. The Balaban J connectivity index is 2.80. The second-order valence-electron chi connectivity index (χ2n) is 3.88. The maximum Gasteiger partial charge on any atom is 0.165 e. The zero-order valence-corrected chi connectivity index (χ0v) is 11.3. The van der Waals surface area contributed by atoms with Crippen LogP contribution in [0.3, 0.4) is 0 Å². The molecule has 0 unspecified atom stereocenters. The molecule has 0 aliphatic heterocycles. The molecule has 0 bridgehead atoms. The van der Waals surface area contributed by atoms with Gasteiger partial charge in [0, 0.05) is 4.75 Å². The van der Waals surface area contributed by atoms with Gasteiger partial charge in [0.25, 0.3) is 0 Å². The fourth-order valence-electron chi connectivity index (χ4n) is 1.73. The molecule has 0 saturated carbocycles. The van der Waals surface area contributed by atoms with E-state index in [-0.39, 0.29) is 4.75 Å². The van der Waals surface area contributed by atoms with Crippen molar-refractivity contribution in [3.05, 3.63) is 5.82 Å². The number of nitrogens with one attached hydrogen (secondary N) is 1. The first-order valence-corrected chi connectivity index (χ1v) is 6.88. The molecule has 0 aromatic carbocycles. The van der Waals surface area contributed by atoms with Gasteiger partial charge in [-0.05, 0) is 36.6 Å². The van der Waals surface area contributed by atoms with E-state index in [0.717, 1.165) is 25.2 Å². The fraction of sp³-hybridized carbons (Fsp3) is 0.900. The molecule has 0 radical (unpaired) electrons. The van der Waals surface area contributed by atoms with E-state index < -0.39 is 0 Å². The first-order valence-electron chi connectivity index (χ1n) is 5.66. The van der Waals surface area contributed by atoms with E-state index in [1.165, 1.54) is 0 Å². The van der Waals surface area contributed by atoms with Crippen LogP contribution in [0.25, 0.3) is 0 Å². The van der Waals surface area contributed by atoms with Crippen molar-refractivity contribution in [2.24, 2.45) is 0 Å². The molecule has 1 N–H and O–H groups in total. The highest BCUT2D eigenvalue weighted by atomic mass is 32.2. The quantitative estimate of drug-likeness (QED) is 0.782. The van der Waals surface area contributed by atoms with Crippen LogP contribution >= 0.6 is 11.8 Å². The van der Waals surface area contributed by atoms with Gasteiger partial charge in [0.15, 0.2) is 5.82 Å². The molecular weight excluding hydrogens is 222 g/mol. The highest BCUT2D eigenvalue weighted by molar-refractivity contribution is 8.00. The van der Waals surface area contributed by atoms with E-state index in [2.05, 4.69) is 40.9 Å². The zero-order valence-electron chi connectivity index (χ0n) is 10.5. The number of rotatable bonds is 7. The molecule has 0 aliphatic carbocycles. The van der Waals surface area contributed by atoms with Crippen LogP contribution in [-0.4, -0.2) is 38.3 Å². The van der Waals surface area contributed by atoms with Crippen molar-refractivity contribution in [1.29, 1.82) is 0 Å². The third kappa shape index (κ3) is 2.95. The summed E-state index contributed by atoms with van der Waals surface area (Å²) in [6.07, 6.45) is 4.42. The summed E-state index contributed by atoms with van der Waals surface area (Å²) in [5, 5.41) is 14.9. The minimum Gasteiger partial charge on any atom is -0.313 e. The van der Waals surface area contributed by atoms with Crippen LogP contribution in [0, 0.1) is 0 Å². The average Bonchev–Trinajstić information content (AvgIpc) is 2.74. The third-order valence-electron chi connectivity index (χ3n) is 3.10. The monoisotopic (exact) mass is 243 g/mol. The zero-order chi connectivity index (χ0) is 12.0. The minimum absolute atomic E-state index is 0.248. The number of thioether (sulfide) groups is 1. The Kier molecular flexibility index (Phi) is 5.21. The number of nitrogens with zero attached hydrogens (tertiary/aromatic N) is 4. The van der Waals surface area contributed by atoms with Gasteiger partial charge in [0.1, 0.15) is 0 Å². The molecule has 1 aromatic heterocycles. The Morgan fingerprint density at radius 3 is 2.56 bits per heavy atom. The lowest BCUT2D eigenvalue weighted by Gasteiger charge is -2.29. The topological polar surface area (TPSA) is 55.6 Å². The Hall–Kier alpha value is -0.620. The summed E-state index contributed by atoms with van der Waals surface area (Å²) >= 11 is 1.91. The molecule has 0 amide bonds. The molecule has 0 spiro atoms. The average molecular weight is 243 g/mol. The maximum atomic E-state index is 4.07. The van der Waals surface area contributed by atoms with Crippen molar-refractivity contribution in [1.82, 2.24) is 25.5 Å². The van der Waals surface area contributed by atoms with Crippen molar-refractivity contribution >= 4 is 11.8 Å². The number of tetrazole rings is 1. The van der Waals surface area contributed by atoms with E-state index in [9.17, 15) is 0 Å². The van der Waals surface area contributed by atoms with E-state index in [1.807, 2.05) is 23.5 Å². The fourth-order valence-corrected chi connectivity index (χ4v) is 2.56. The summed E-state index contributed by atoms with van der Waals surface area (Å²) in [6.45, 7) is 6.04. The second kappa shape index (κ2) is 6.20. The first kappa shape index (κ1) is 13.4. The lowest BCUT2D eigenvalue weighted by atomic mass is 10.0. The highest BCUT2D eigenvalue weighted by Gasteiger charge is 2.27. The van der Waals surface area contributed by atoms with Crippen LogP contribution in [0.1, 0.15) is 32.5 Å². The summed E-state index contributed by atoms with van der Waals surface area (Å²) in [6, 6.07) is 0. The van der Waals surface area contributed by atoms with Crippen LogP contribution in [-0.2, 0) is 13.1 Å². The smallest absolute Gasteiger partial charge is 0.165 e. The van der Waals surface area contributed by atoms with Gasteiger partial charge >= 0.3 is 0 Å². The van der Waals surface area contributed by atoms with Gasteiger partial charge in [-0.15, -0.1) is 5.10 Å². The minimum atomic E-state index is 0.248. The first-order chi connectivity index (χ1) is 7.71. The normalized spacial score (nSPS) is 12.0. The van der Waals surface area contributed by atoms with Crippen molar-refractivity contribution in [2.45, 2.75) is 44.5 Å². The molecule has 1 aromatic rings. The van der Waals surface area contributed by atoms with Crippen LogP contribution in [0.2, 0.25) is 0 Å². The SMILES string of the molecule is CCC(CC)(Cn1nnnc1CNC)SC. The van der Waals surface area contributed by atoms with Crippen molar-refractivity contribution in [3.63, 3.8) is 0 Å². The summed E-state index contributed by atoms with van der Waals surface area (Å²) < 4.78 is 2.16. The van der Waals surface area contributed by atoms with Crippen LogP contribution in [0.15, 0.2) is 0 Å². The molecule has 0 fully saturated rings. The van der Waals surface area contributed by atoms with Gasteiger partial charge in [-0.3, -0.25) is 0 Å². The highest BCUT2D eigenvalue weighted by Crippen LogP contribution is 2.32.